The van der Waals surface area contributed by atoms with Crippen LogP contribution in [0.25, 0.3) is 0 Å². The Balaban J connectivity index is 1.86. The normalized spacial score (nSPS) is 11.9. The molecule has 8 nitrogen and oxygen atoms in total. The van der Waals surface area contributed by atoms with Gasteiger partial charge in [-0.05, 0) is 49.2 Å². The Bertz CT molecular complexity index is 1370. The molecule has 0 radical (unpaired) electrons. The van der Waals surface area contributed by atoms with Crippen LogP contribution in [0, 0.1) is 5.82 Å². The highest BCUT2D eigenvalue weighted by Gasteiger charge is 2.30. The minimum atomic E-state index is -3.63. The molecule has 0 unspecified atom stereocenters. The zero-order valence-corrected chi connectivity index (χ0v) is 23.9. The van der Waals surface area contributed by atoms with Crippen molar-refractivity contribution < 1.29 is 27.1 Å². The molecule has 0 aliphatic heterocycles. The first-order chi connectivity index (χ1) is 19.1. The summed E-state index contributed by atoms with van der Waals surface area (Å²) in [6.07, 6.45) is 1.50. The third-order valence-electron chi connectivity index (χ3n) is 6.43. The molecule has 214 valence electrons. The summed E-state index contributed by atoms with van der Waals surface area (Å²) in [4.78, 5) is 28.3. The van der Waals surface area contributed by atoms with E-state index in [1.165, 1.54) is 22.4 Å². The lowest BCUT2D eigenvalue weighted by molar-refractivity contribution is -0.141. The number of rotatable bonds is 14. The van der Waals surface area contributed by atoms with E-state index in [1.807, 2.05) is 30.3 Å². The smallest absolute Gasteiger partial charge is 0.243 e. The number of anilines is 1. The van der Waals surface area contributed by atoms with Gasteiger partial charge >= 0.3 is 0 Å². The van der Waals surface area contributed by atoms with Crippen LogP contribution in [0.3, 0.4) is 0 Å². The molecule has 0 saturated carbocycles. The molecular formula is C30H36FN3O5S. The van der Waals surface area contributed by atoms with Gasteiger partial charge in [-0.3, -0.25) is 13.9 Å². The Morgan fingerprint density at radius 2 is 1.62 bits per heavy atom. The maximum absolute atomic E-state index is 14.7. The van der Waals surface area contributed by atoms with Crippen molar-refractivity contribution in [3.05, 3.63) is 95.8 Å². The van der Waals surface area contributed by atoms with Crippen molar-refractivity contribution in [1.82, 2.24) is 10.2 Å². The number of benzene rings is 3. The van der Waals surface area contributed by atoms with Crippen molar-refractivity contribution in [2.75, 3.05) is 30.8 Å². The summed E-state index contributed by atoms with van der Waals surface area (Å²) in [5.41, 5.74) is 1.59. The quantitative estimate of drug-likeness (QED) is 0.315. The van der Waals surface area contributed by atoms with Gasteiger partial charge in [0.15, 0.2) is 0 Å². The van der Waals surface area contributed by atoms with Crippen molar-refractivity contribution >= 4 is 27.5 Å². The molecular weight excluding hydrogens is 533 g/mol. The summed E-state index contributed by atoms with van der Waals surface area (Å²) in [6, 6.07) is 21.2. The molecule has 0 fully saturated rings. The van der Waals surface area contributed by atoms with Crippen molar-refractivity contribution in [2.24, 2.45) is 0 Å². The van der Waals surface area contributed by atoms with Gasteiger partial charge in [-0.15, -0.1) is 0 Å². The summed E-state index contributed by atoms with van der Waals surface area (Å²) < 4.78 is 46.1. The average Bonchev–Trinajstić information content (AvgIpc) is 2.94. The molecule has 40 heavy (non-hydrogen) atoms. The molecule has 3 aromatic carbocycles. The predicted molar refractivity (Wildman–Crippen MR) is 154 cm³/mol. The summed E-state index contributed by atoms with van der Waals surface area (Å²) in [5, 5.41) is 2.80. The lowest BCUT2D eigenvalue weighted by Crippen LogP contribution is -2.50. The Hall–Kier alpha value is -3.92. The van der Waals surface area contributed by atoms with Crippen LogP contribution in [0.1, 0.15) is 30.9 Å². The van der Waals surface area contributed by atoms with Gasteiger partial charge < -0.3 is 15.0 Å². The lowest BCUT2D eigenvalue weighted by atomic mass is 10.0. The minimum Gasteiger partial charge on any atom is -0.497 e. The highest BCUT2D eigenvalue weighted by Crippen LogP contribution is 2.23. The van der Waals surface area contributed by atoms with Crippen molar-refractivity contribution in [1.29, 1.82) is 0 Å². The van der Waals surface area contributed by atoms with E-state index in [0.717, 1.165) is 11.8 Å². The predicted octanol–water partition coefficient (Wildman–Crippen LogP) is 4.16. The monoisotopic (exact) mass is 569 g/mol. The standard InChI is InChI=1S/C30H36FN3O5S/c1-4-32-30(36)28(21-23-11-6-5-7-12-23)33(22-24-13-8-9-14-27(24)31)29(35)15-10-20-34(40(3,37)38)25-16-18-26(39-2)19-17-25/h5-9,11-14,16-19,28H,4,10,15,20-22H2,1-3H3,(H,32,36)/t28-/m0/s1. The molecule has 1 atom stereocenters. The molecule has 0 aliphatic carbocycles. The van der Waals surface area contributed by atoms with Crippen LogP contribution in [-0.2, 0) is 32.6 Å². The number of halogens is 1. The number of carbonyl (C=O) groups is 2. The van der Waals surface area contributed by atoms with E-state index in [0.29, 0.717) is 18.0 Å². The molecule has 10 heteroatoms. The number of amides is 2. The largest absolute Gasteiger partial charge is 0.497 e. The maximum Gasteiger partial charge on any atom is 0.243 e. The number of likely N-dealkylation sites (N-methyl/N-ethyl adjacent to an activating group) is 1. The van der Waals surface area contributed by atoms with Crippen LogP contribution >= 0.6 is 0 Å². The zero-order chi connectivity index (χ0) is 29.1. The number of methoxy groups -OCH3 is 1. The molecule has 3 rings (SSSR count). The van der Waals surface area contributed by atoms with E-state index >= 15 is 0 Å². The Kier molecular flexibility index (Phi) is 11.1. The van der Waals surface area contributed by atoms with Crippen LogP contribution in [-0.4, -0.2) is 57.6 Å². The van der Waals surface area contributed by atoms with Crippen LogP contribution in [0.2, 0.25) is 0 Å². The Labute approximate surface area is 235 Å². The van der Waals surface area contributed by atoms with Gasteiger partial charge in [-0.1, -0.05) is 48.5 Å². The highest BCUT2D eigenvalue weighted by molar-refractivity contribution is 7.92. The number of ether oxygens (including phenoxy) is 1. The Morgan fingerprint density at radius 1 is 0.975 bits per heavy atom. The van der Waals surface area contributed by atoms with E-state index in [2.05, 4.69) is 5.32 Å². The van der Waals surface area contributed by atoms with Crippen LogP contribution in [0.4, 0.5) is 10.1 Å². The summed E-state index contributed by atoms with van der Waals surface area (Å²) in [7, 11) is -2.11. The second kappa shape index (κ2) is 14.5. The van der Waals surface area contributed by atoms with Gasteiger partial charge in [0.25, 0.3) is 0 Å². The van der Waals surface area contributed by atoms with Crippen LogP contribution in [0.15, 0.2) is 78.9 Å². The summed E-state index contributed by atoms with van der Waals surface area (Å²) >= 11 is 0. The maximum atomic E-state index is 14.7. The third-order valence-corrected chi connectivity index (χ3v) is 7.63. The molecule has 1 N–H and O–H groups in total. The highest BCUT2D eigenvalue weighted by atomic mass is 32.2. The fraction of sp³-hybridized carbons (Fsp3) is 0.333. The van der Waals surface area contributed by atoms with Gasteiger partial charge in [0.1, 0.15) is 17.6 Å². The van der Waals surface area contributed by atoms with Crippen molar-refractivity contribution in [3.63, 3.8) is 0 Å². The zero-order valence-electron chi connectivity index (χ0n) is 23.0. The molecule has 0 aromatic heterocycles. The van der Waals surface area contributed by atoms with Gasteiger partial charge in [0.05, 0.1) is 19.1 Å². The molecule has 0 aliphatic rings. The molecule has 0 spiro atoms. The second-order valence-corrected chi connectivity index (χ2v) is 11.3. The first-order valence-corrected chi connectivity index (χ1v) is 14.9. The SMILES string of the molecule is CCNC(=O)[C@H](Cc1ccccc1)N(Cc1ccccc1F)C(=O)CCCN(c1ccc(OC)cc1)S(C)(=O)=O. The van der Waals surface area contributed by atoms with Gasteiger partial charge in [-0.2, -0.15) is 0 Å². The molecule has 0 heterocycles. The summed E-state index contributed by atoms with van der Waals surface area (Å²) in [5.74, 6) is -0.603. The number of carbonyl (C=O) groups excluding carboxylic acids is 2. The van der Waals surface area contributed by atoms with Gasteiger partial charge in [0, 0.05) is 38.0 Å². The average molecular weight is 570 g/mol. The Morgan fingerprint density at radius 3 is 2.23 bits per heavy atom. The van der Waals surface area contributed by atoms with E-state index in [-0.39, 0.29) is 49.7 Å². The van der Waals surface area contributed by atoms with Crippen molar-refractivity contribution in [2.45, 2.75) is 38.8 Å². The van der Waals surface area contributed by atoms with Gasteiger partial charge in [0.2, 0.25) is 21.8 Å². The first-order valence-electron chi connectivity index (χ1n) is 13.1. The number of hydrogen-bond donors (Lipinski definition) is 1. The second-order valence-electron chi connectivity index (χ2n) is 9.35. The summed E-state index contributed by atoms with van der Waals surface area (Å²) in [6.45, 7) is 2.11. The van der Waals surface area contributed by atoms with Crippen molar-refractivity contribution in [3.8, 4) is 5.75 Å². The first kappa shape index (κ1) is 30.6. The minimum absolute atomic E-state index is 0.0404. The lowest BCUT2D eigenvalue weighted by Gasteiger charge is -2.32. The fourth-order valence-electron chi connectivity index (χ4n) is 4.41. The third kappa shape index (κ3) is 8.54. The number of sulfonamides is 1. The molecule has 3 aromatic rings. The molecule has 2 amide bonds. The molecule has 0 saturated heterocycles. The number of nitrogens with one attached hydrogen (secondary N) is 1. The van der Waals surface area contributed by atoms with Gasteiger partial charge in [-0.25, -0.2) is 12.8 Å². The van der Waals surface area contributed by atoms with E-state index in [9.17, 15) is 22.4 Å². The molecule has 0 bridgehead atoms. The fourth-order valence-corrected chi connectivity index (χ4v) is 5.37. The number of nitrogens with zero attached hydrogens (tertiary/aromatic N) is 2. The topological polar surface area (TPSA) is 96.0 Å². The number of hydrogen-bond acceptors (Lipinski definition) is 5. The van der Waals surface area contributed by atoms with Crippen LogP contribution < -0.4 is 14.4 Å². The van der Waals surface area contributed by atoms with E-state index in [4.69, 9.17) is 4.74 Å². The van der Waals surface area contributed by atoms with E-state index < -0.39 is 21.9 Å². The van der Waals surface area contributed by atoms with Crippen LogP contribution in [0.5, 0.6) is 5.75 Å². The van der Waals surface area contributed by atoms with E-state index in [1.54, 1.807) is 49.4 Å².